The van der Waals surface area contributed by atoms with Crippen LogP contribution in [0.15, 0.2) is 0 Å². The minimum absolute atomic E-state index is 0.735. The fourth-order valence-corrected chi connectivity index (χ4v) is 0.333. The molecule has 52 valence electrons. The molecular formula is C4H3ClF2O2. The Labute approximate surface area is 54.8 Å². The zero-order chi connectivity index (χ0) is 7.65. The van der Waals surface area contributed by atoms with Gasteiger partial charge in [0.1, 0.15) is 0 Å². The van der Waals surface area contributed by atoms with E-state index in [1.807, 2.05) is 0 Å². The van der Waals surface area contributed by atoms with Crippen LogP contribution in [0.5, 0.6) is 0 Å². The van der Waals surface area contributed by atoms with Crippen molar-refractivity contribution >= 4 is 23.2 Å². The van der Waals surface area contributed by atoms with Crippen molar-refractivity contribution in [2.75, 3.05) is 0 Å². The van der Waals surface area contributed by atoms with Gasteiger partial charge in [-0.2, -0.15) is 8.78 Å². The lowest BCUT2D eigenvalue weighted by atomic mass is 10.3. The molecule has 0 fully saturated rings. The fraction of sp³-hybridized carbons (Fsp3) is 0.500. The topological polar surface area (TPSA) is 34.1 Å². The van der Waals surface area contributed by atoms with E-state index in [1.54, 1.807) is 0 Å². The number of hydrogen-bond donors (Lipinski definition) is 0. The van der Waals surface area contributed by atoms with Gasteiger partial charge in [-0.25, -0.2) is 0 Å². The van der Waals surface area contributed by atoms with E-state index in [0.717, 1.165) is 6.92 Å². The SMILES string of the molecule is CC(=O)C(=O)C(F)(F)Cl. The molecule has 0 aliphatic rings. The molecule has 9 heavy (non-hydrogen) atoms. The van der Waals surface area contributed by atoms with Gasteiger partial charge >= 0.3 is 5.38 Å². The van der Waals surface area contributed by atoms with E-state index in [4.69, 9.17) is 0 Å². The summed E-state index contributed by atoms with van der Waals surface area (Å²) >= 11 is 4.17. The number of halogens is 3. The molecule has 0 atom stereocenters. The maximum Gasteiger partial charge on any atom is 0.387 e. The minimum atomic E-state index is -4.04. The van der Waals surface area contributed by atoms with Crippen LogP contribution in [0.4, 0.5) is 8.78 Å². The van der Waals surface area contributed by atoms with E-state index in [1.165, 1.54) is 0 Å². The molecule has 0 aromatic heterocycles. The maximum absolute atomic E-state index is 11.6. The summed E-state index contributed by atoms with van der Waals surface area (Å²) in [6.45, 7) is 0.735. The normalized spacial score (nSPS) is 11.1. The van der Waals surface area contributed by atoms with Crippen molar-refractivity contribution in [1.82, 2.24) is 0 Å². The molecule has 0 aromatic rings. The molecule has 0 N–H and O–H groups in total. The van der Waals surface area contributed by atoms with Gasteiger partial charge in [0.2, 0.25) is 5.78 Å². The molecule has 0 saturated heterocycles. The first-order valence-electron chi connectivity index (χ1n) is 1.98. The zero-order valence-electron chi connectivity index (χ0n) is 4.45. The summed E-state index contributed by atoms with van der Waals surface area (Å²) in [5.41, 5.74) is 0. The first kappa shape index (κ1) is 8.49. The molecule has 0 saturated carbocycles. The predicted molar refractivity (Wildman–Crippen MR) is 26.5 cm³/mol. The van der Waals surface area contributed by atoms with Gasteiger partial charge in [-0.15, -0.1) is 0 Å². The second kappa shape index (κ2) is 2.39. The summed E-state index contributed by atoms with van der Waals surface area (Å²) in [5, 5.41) is -4.04. The Kier molecular flexibility index (Phi) is 2.25. The van der Waals surface area contributed by atoms with Gasteiger partial charge in [0.25, 0.3) is 5.78 Å². The van der Waals surface area contributed by atoms with Crippen molar-refractivity contribution in [3.05, 3.63) is 0 Å². The van der Waals surface area contributed by atoms with E-state index in [0.29, 0.717) is 0 Å². The Hall–Kier alpha value is -0.510. The van der Waals surface area contributed by atoms with Crippen molar-refractivity contribution in [3.63, 3.8) is 0 Å². The highest BCUT2D eigenvalue weighted by molar-refractivity contribution is 6.50. The van der Waals surface area contributed by atoms with Gasteiger partial charge in [-0.1, -0.05) is 0 Å². The van der Waals surface area contributed by atoms with E-state index < -0.39 is 16.9 Å². The van der Waals surface area contributed by atoms with Gasteiger partial charge in [0, 0.05) is 6.92 Å². The van der Waals surface area contributed by atoms with E-state index in [-0.39, 0.29) is 0 Å². The first-order valence-corrected chi connectivity index (χ1v) is 2.35. The molecule has 0 rings (SSSR count). The Balaban J connectivity index is 4.23. The van der Waals surface area contributed by atoms with Crippen molar-refractivity contribution in [1.29, 1.82) is 0 Å². The van der Waals surface area contributed by atoms with Crippen molar-refractivity contribution in [3.8, 4) is 0 Å². The molecule has 0 bridgehead atoms. The highest BCUT2D eigenvalue weighted by atomic mass is 35.5. The van der Waals surface area contributed by atoms with Gasteiger partial charge in [-0.05, 0) is 11.6 Å². The molecule has 2 nitrogen and oxygen atoms in total. The first-order chi connectivity index (χ1) is 3.85. The van der Waals surface area contributed by atoms with Crippen LogP contribution in [0.25, 0.3) is 0 Å². The molecule has 0 amide bonds. The molecule has 0 aromatic carbocycles. The molecule has 0 radical (unpaired) electrons. The Bertz CT molecular complexity index is 149. The summed E-state index contributed by atoms with van der Waals surface area (Å²) in [5.74, 6) is -3.11. The molecule has 0 aliphatic heterocycles. The van der Waals surface area contributed by atoms with E-state index in [2.05, 4.69) is 11.6 Å². The van der Waals surface area contributed by atoms with Gasteiger partial charge < -0.3 is 0 Å². The maximum atomic E-state index is 11.6. The van der Waals surface area contributed by atoms with Crippen LogP contribution in [-0.4, -0.2) is 16.9 Å². The van der Waals surface area contributed by atoms with Crippen LogP contribution < -0.4 is 0 Å². The summed E-state index contributed by atoms with van der Waals surface area (Å²) in [4.78, 5) is 19.8. The average molecular weight is 157 g/mol. The van der Waals surface area contributed by atoms with Crippen LogP contribution in [0.3, 0.4) is 0 Å². The number of rotatable bonds is 2. The third kappa shape index (κ3) is 2.51. The monoisotopic (exact) mass is 156 g/mol. The number of hydrogen-bond acceptors (Lipinski definition) is 2. The van der Waals surface area contributed by atoms with Gasteiger partial charge in [-0.3, -0.25) is 9.59 Å². The standard InChI is InChI=1S/C4H3ClF2O2/c1-2(8)3(9)4(5,6)7/h1H3. The molecule has 0 aliphatic carbocycles. The molecule has 5 heteroatoms. The lowest BCUT2D eigenvalue weighted by Crippen LogP contribution is -2.27. The Morgan fingerprint density at radius 3 is 1.78 bits per heavy atom. The quantitative estimate of drug-likeness (QED) is 0.441. The highest BCUT2D eigenvalue weighted by Gasteiger charge is 2.38. The third-order valence-electron chi connectivity index (χ3n) is 0.577. The average Bonchev–Trinajstić information content (AvgIpc) is 1.62. The summed E-state index contributed by atoms with van der Waals surface area (Å²) in [6, 6.07) is 0. The van der Waals surface area contributed by atoms with Gasteiger partial charge in [0.15, 0.2) is 0 Å². The van der Waals surface area contributed by atoms with Crippen LogP contribution in [0, 0.1) is 0 Å². The van der Waals surface area contributed by atoms with Crippen LogP contribution in [-0.2, 0) is 9.59 Å². The predicted octanol–water partition coefficient (Wildman–Crippen LogP) is 0.976. The lowest BCUT2D eigenvalue weighted by Gasteiger charge is -2.00. The molecule has 0 spiro atoms. The van der Waals surface area contributed by atoms with Gasteiger partial charge in [0.05, 0.1) is 0 Å². The Morgan fingerprint density at radius 2 is 1.78 bits per heavy atom. The number of carbonyl (C=O) groups is 2. The van der Waals surface area contributed by atoms with Crippen LogP contribution in [0.1, 0.15) is 6.92 Å². The molecule has 0 heterocycles. The number of alkyl halides is 3. The summed E-state index contributed by atoms with van der Waals surface area (Å²) in [7, 11) is 0. The minimum Gasteiger partial charge on any atom is -0.291 e. The Morgan fingerprint density at radius 1 is 1.44 bits per heavy atom. The highest BCUT2D eigenvalue weighted by Crippen LogP contribution is 2.19. The summed E-state index contributed by atoms with van der Waals surface area (Å²) < 4.78 is 23.1. The largest absolute Gasteiger partial charge is 0.387 e. The number of ketones is 2. The second-order valence-electron chi connectivity index (χ2n) is 1.38. The third-order valence-corrected chi connectivity index (χ3v) is 0.749. The number of carbonyl (C=O) groups excluding carboxylic acids is 2. The van der Waals surface area contributed by atoms with Crippen LogP contribution >= 0.6 is 11.6 Å². The van der Waals surface area contributed by atoms with Crippen molar-refractivity contribution in [2.24, 2.45) is 0 Å². The van der Waals surface area contributed by atoms with E-state index >= 15 is 0 Å². The smallest absolute Gasteiger partial charge is 0.291 e. The second-order valence-corrected chi connectivity index (χ2v) is 1.86. The van der Waals surface area contributed by atoms with Crippen LogP contribution in [0.2, 0.25) is 0 Å². The van der Waals surface area contributed by atoms with Crippen molar-refractivity contribution < 1.29 is 18.4 Å². The lowest BCUT2D eigenvalue weighted by molar-refractivity contribution is -0.144. The zero-order valence-corrected chi connectivity index (χ0v) is 5.21. The summed E-state index contributed by atoms with van der Waals surface area (Å²) in [6.07, 6.45) is 0. The molecular weight excluding hydrogens is 153 g/mol. The van der Waals surface area contributed by atoms with E-state index in [9.17, 15) is 18.4 Å². The molecule has 0 unspecified atom stereocenters. The van der Waals surface area contributed by atoms with Crippen molar-refractivity contribution in [2.45, 2.75) is 12.3 Å². The fourth-order valence-electron chi connectivity index (χ4n) is 0.200. The number of Topliss-reactive ketones (excluding diaryl/α,β-unsaturated/α-hetero) is 2.